The second-order valence-electron chi connectivity index (χ2n) is 2.97. The van der Waals surface area contributed by atoms with E-state index in [0.717, 1.165) is 0 Å². The molecule has 0 amide bonds. The maximum Gasteiger partial charge on any atom is 0.348 e. The van der Waals surface area contributed by atoms with Crippen molar-refractivity contribution in [2.75, 3.05) is 6.61 Å². The number of hydrogen-bond acceptors (Lipinski definition) is 5. The van der Waals surface area contributed by atoms with Crippen LogP contribution in [-0.2, 0) is 9.57 Å². The molecule has 0 unspecified atom stereocenters. The first-order valence-corrected chi connectivity index (χ1v) is 4.46. The second-order valence-corrected chi connectivity index (χ2v) is 2.97. The van der Waals surface area contributed by atoms with E-state index in [0.29, 0.717) is 13.0 Å². The lowest BCUT2D eigenvalue weighted by molar-refractivity contribution is 0.0707. The van der Waals surface area contributed by atoms with E-state index in [4.69, 9.17) is 4.74 Å². The molecular weight excluding hydrogens is 198 g/mol. The number of nitrogens with zero attached hydrogens (tertiary/aromatic N) is 1. The molecule has 1 aromatic carbocycles. The number of hydrogen-bond donors (Lipinski definition) is 1. The number of carbonyl (C=O) groups excluding carboxylic acids is 1. The summed E-state index contributed by atoms with van der Waals surface area (Å²) in [4.78, 5) is 16.2. The molecule has 2 rings (SSSR count). The van der Waals surface area contributed by atoms with Gasteiger partial charge in [-0.25, -0.2) is 4.79 Å². The minimum absolute atomic E-state index is 0.109. The van der Waals surface area contributed by atoms with E-state index in [-0.39, 0.29) is 17.2 Å². The first kappa shape index (κ1) is 9.51. The van der Waals surface area contributed by atoms with Crippen molar-refractivity contribution in [1.82, 2.24) is 0 Å². The largest absolute Gasteiger partial charge is 0.507 e. The molecule has 0 saturated carbocycles. The lowest BCUT2D eigenvalue weighted by Crippen LogP contribution is -2.11. The third kappa shape index (κ3) is 2.07. The Kier molecular flexibility index (Phi) is 2.53. The maximum absolute atomic E-state index is 11.5. The van der Waals surface area contributed by atoms with Crippen molar-refractivity contribution in [3.05, 3.63) is 29.8 Å². The highest BCUT2D eigenvalue weighted by atomic mass is 16.7. The van der Waals surface area contributed by atoms with Crippen LogP contribution in [0.25, 0.3) is 0 Å². The van der Waals surface area contributed by atoms with E-state index < -0.39 is 5.97 Å². The molecule has 1 aromatic rings. The van der Waals surface area contributed by atoms with Gasteiger partial charge in [-0.3, -0.25) is 0 Å². The summed E-state index contributed by atoms with van der Waals surface area (Å²) in [6.45, 7) is 0.420. The van der Waals surface area contributed by atoms with Crippen LogP contribution in [0.5, 0.6) is 5.75 Å². The predicted molar refractivity (Wildman–Crippen MR) is 51.5 cm³/mol. The summed E-state index contributed by atoms with van der Waals surface area (Å²) < 4.78 is 4.90. The molecule has 0 fully saturated rings. The zero-order valence-electron chi connectivity index (χ0n) is 7.84. The second kappa shape index (κ2) is 4.00. The topological polar surface area (TPSA) is 68.1 Å². The molecule has 5 heteroatoms. The average molecular weight is 207 g/mol. The summed E-state index contributed by atoms with van der Waals surface area (Å²) in [7, 11) is 0. The van der Waals surface area contributed by atoms with Crippen molar-refractivity contribution in [3.8, 4) is 5.75 Å². The van der Waals surface area contributed by atoms with E-state index in [1.54, 1.807) is 12.1 Å². The third-order valence-electron chi connectivity index (χ3n) is 1.91. The highest BCUT2D eigenvalue weighted by Gasteiger charge is 2.17. The van der Waals surface area contributed by atoms with Gasteiger partial charge in [-0.2, -0.15) is 0 Å². The molecule has 1 aliphatic heterocycles. The third-order valence-corrected chi connectivity index (χ3v) is 1.91. The minimum Gasteiger partial charge on any atom is -0.507 e. The van der Waals surface area contributed by atoms with E-state index in [1.807, 2.05) is 0 Å². The van der Waals surface area contributed by atoms with Crippen molar-refractivity contribution in [2.45, 2.75) is 6.42 Å². The highest BCUT2D eigenvalue weighted by molar-refractivity contribution is 6.00. The van der Waals surface area contributed by atoms with Crippen LogP contribution in [0.1, 0.15) is 16.8 Å². The van der Waals surface area contributed by atoms with E-state index in [2.05, 4.69) is 9.99 Å². The van der Waals surface area contributed by atoms with Crippen LogP contribution < -0.4 is 0 Å². The summed E-state index contributed by atoms with van der Waals surface area (Å²) in [6, 6.07) is 6.17. The number of oxime groups is 1. The monoisotopic (exact) mass is 207 g/mol. The highest BCUT2D eigenvalue weighted by Crippen LogP contribution is 2.17. The van der Waals surface area contributed by atoms with Crippen LogP contribution in [0, 0.1) is 0 Å². The number of rotatable bonds is 1. The van der Waals surface area contributed by atoms with Gasteiger partial charge >= 0.3 is 5.97 Å². The van der Waals surface area contributed by atoms with Crippen molar-refractivity contribution in [1.29, 1.82) is 0 Å². The van der Waals surface area contributed by atoms with Gasteiger partial charge in [-0.05, 0) is 12.1 Å². The first-order chi connectivity index (χ1) is 7.27. The fraction of sp³-hybridized carbons (Fsp3) is 0.200. The number of phenolic OH excluding ortho intramolecular Hbond substituents is 1. The molecule has 1 aliphatic rings. The van der Waals surface area contributed by atoms with E-state index >= 15 is 0 Å². The van der Waals surface area contributed by atoms with Gasteiger partial charge in [-0.1, -0.05) is 17.3 Å². The average Bonchev–Trinajstić information content (AvgIpc) is 2.71. The van der Waals surface area contributed by atoms with Gasteiger partial charge in [0.2, 0.25) is 5.90 Å². The number of aromatic hydroxyl groups is 1. The number of ether oxygens (including phenoxy) is 1. The molecule has 5 nitrogen and oxygen atoms in total. The van der Waals surface area contributed by atoms with E-state index in [9.17, 15) is 9.90 Å². The van der Waals surface area contributed by atoms with Gasteiger partial charge in [0.25, 0.3) is 0 Å². The van der Waals surface area contributed by atoms with E-state index in [1.165, 1.54) is 12.1 Å². The fourth-order valence-corrected chi connectivity index (χ4v) is 1.17. The summed E-state index contributed by atoms with van der Waals surface area (Å²) in [5.74, 6) is -0.498. The number of carbonyl (C=O) groups is 1. The molecule has 0 spiro atoms. The van der Waals surface area contributed by atoms with Crippen LogP contribution in [-0.4, -0.2) is 23.6 Å². The Labute approximate surface area is 85.9 Å². The van der Waals surface area contributed by atoms with Crippen molar-refractivity contribution >= 4 is 11.9 Å². The smallest absolute Gasteiger partial charge is 0.348 e. The maximum atomic E-state index is 11.5. The van der Waals surface area contributed by atoms with Gasteiger partial charge in [0.05, 0.1) is 6.42 Å². The van der Waals surface area contributed by atoms with Crippen molar-refractivity contribution in [3.63, 3.8) is 0 Å². The molecular formula is C10H9NO4. The Hall–Kier alpha value is -2.04. The Morgan fingerprint density at radius 2 is 2.27 bits per heavy atom. The zero-order valence-corrected chi connectivity index (χ0v) is 7.84. The summed E-state index contributed by atoms with van der Waals surface area (Å²) in [5.41, 5.74) is 0.118. The van der Waals surface area contributed by atoms with Gasteiger partial charge in [-0.15, -0.1) is 0 Å². The molecule has 0 saturated heterocycles. The Morgan fingerprint density at radius 1 is 1.47 bits per heavy atom. The van der Waals surface area contributed by atoms with Crippen LogP contribution in [0.3, 0.4) is 0 Å². The van der Waals surface area contributed by atoms with Gasteiger partial charge < -0.3 is 14.7 Å². The molecule has 78 valence electrons. The fourth-order valence-electron chi connectivity index (χ4n) is 1.17. The van der Waals surface area contributed by atoms with Crippen LogP contribution in [0.2, 0.25) is 0 Å². The van der Waals surface area contributed by atoms with Crippen molar-refractivity contribution < 1.29 is 19.5 Å². The molecule has 15 heavy (non-hydrogen) atoms. The number of phenols is 1. The Balaban J connectivity index is 2.11. The summed E-state index contributed by atoms with van der Waals surface area (Å²) >= 11 is 0. The molecule has 0 atom stereocenters. The van der Waals surface area contributed by atoms with Crippen LogP contribution in [0.15, 0.2) is 29.4 Å². The molecule has 0 bridgehead atoms. The SMILES string of the molecule is O=C(OC1=NOCC1)c1ccccc1O. The lowest BCUT2D eigenvalue weighted by Gasteiger charge is -2.03. The van der Waals surface area contributed by atoms with Crippen LogP contribution >= 0.6 is 0 Å². The number of para-hydroxylation sites is 1. The molecule has 1 N–H and O–H groups in total. The van der Waals surface area contributed by atoms with Gasteiger partial charge in [0.1, 0.15) is 17.9 Å². The Morgan fingerprint density at radius 3 is 2.93 bits per heavy atom. The Bertz CT molecular complexity index is 414. The number of benzene rings is 1. The lowest BCUT2D eigenvalue weighted by atomic mass is 10.2. The van der Waals surface area contributed by atoms with Gasteiger partial charge in [0, 0.05) is 0 Å². The standard InChI is InChI=1S/C10H9NO4/c12-8-4-2-1-3-7(8)10(13)15-9-5-6-14-11-9/h1-4,12H,5-6H2. The first-order valence-electron chi connectivity index (χ1n) is 4.46. The zero-order chi connectivity index (χ0) is 10.7. The predicted octanol–water partition coefficient (Wildman–Crippen LogP) is 1.28. The summed E-state index contributed by atoms with van der Waals surface area (Å²) in [6.07, 6.45) is 0.472. The molecule has 0 radical (unpaired) electrons. The van der Waals surface area contributed by atoms with Gasteiger partial charge in [0.15, 0.2) is 0 Å². The van der Waals surface area contributed by atoms with Crippen molar-refractivity contribution in [2.24, 2.45) is 5.16 Å². The van der Waals surface area contributed by atoms with Crippen LogP contribution in [0.4, 0.5) is 0 Å². The minimum atomic E-state index is -0.627. The quantitative estimate of drug-likeness (QED) is 0.704. The normalized spacial score (nSPS) is 14.3. The summed E-state index contributed by atoms with van der Waals surface area (Å²) in [5, 5.41) is 12.9. The molecule has 0 aromatic heterocycles. The molecule has 1 heterocycles. The molecule has 0 aliphatic carbocycles. The number of esters is 1.